The van der Waals surface area contributed by atoms with Crippen molar-refractivity contribution in [3.05, 3.63) is 35.9 Å². The molecule has 5 heteroatoms. The van der Waals surface area contributed by atoms with Crippen molar-refractivity contribution in [2.75, 3.05) is 32.4 Å². The standard InChI is InChI=1S/C16H20N2O3/c1-10-7-11(5-6-14(10)19-2)18-13-9-16(21-4)15(20-3)8-12(13)17/h5-9,18H,17H2,1-4H3. The van der Waals surface area contributed by atoms with E-state index in [1.165, 1.54) is 0 Å². The first-order valence-corrected chi connectivity index (χ1v) is 6.52. The van der Waals surface area contributed by atoms with Gasteiger partial charge in [0.2, 0.25) is 0 Å². The highest BCUT2D eigenvalue weighted by atomic mass is 16.5. The summed E-state index contributed by atoms with van der Waals surface area (Å²) in [5, 5.41) is 3.27. The monoisotopic (exact) mass is 288 g/mol. The molecule has 0 saturated heterocycles. The Labute approximate surface area is 124 Å². The molecule has 21 heavy (non-hydrogen) atoms. The van der Waals surface area contributed by atoms with E-state index in [0.29, 0.717) is 17.2 Å². The summed E-state index contributed by atoms with van der Waals surface area (Å²) in [5.74, 6) is 2.08. The van der Waals surface area contributed by atoms with Gasteiger partial charge in [-0.2, -0.15) is 0 Å². The predicted molar refractivity (Wildman–Crippen MR) is 85.0 cm³/mol. The average molecular weight is 288 g/mol. The molecule has 0 heterocycles. The third kappa shape index (κ3) is 3.13. The van der Waals surface area contributed by atoms with E-state index < -0.39 is 0 Å². The van der Waals surface area contributed by atoms with Crippen molar-refractivity contribution in [2.24, 2.45) is 0 Å². The molecule has 0 spiro atoms. The average Bonchev–Trinajstić information content (AvgIpc) is 2.49. The first-order valence-electron chi connectivity index (χ1n) is 6.52. The van der Waals surface area contributed by atoms with Crippen LogP contribution in [-0.4, -0.2) is 21.3 Å². The maximum absolute atomic E-state index is 6.04. The van der Waals surface area contributed by atoms with Crippen molar-refractivity contribution in [1.29, 1.82) is 0 Å². The molecule has 112 valence electrons. The molecule has 0 fully saturated rings. The zero-order valence-electron chi connectivity index (χ0n) is 12.7. The number of nitrogen functional groups attached to an aromatic ring is 1. The first-order chi connectivity index (χ1) is 10.1. The number of anilines is 3. The van der Waals surface area contributed by atoms with Gasteiger partial charge >= 0.3 is 0 Å². The molecule has 3 N–H and O–H groups in total. The number of ether oxygens (including phenoxy) is 3. The number of hydrogen-bond acceptors (Lipinski definition) is 5. The molecule has 0 radical (unpaired) electrons. The molecule has 0 aliphatic rings. The Morgan fingerprint density at radius 1 is 0.857 bits per heavy atom. The number of methoxy groups -OCH3 is 3. The minimum Gasteiger partial charge on any atom is -0.496 e. The highest BCUT2D eigenvalue weighted by Crippen LogP contribution is 2.36. The lowest BCUT2D eigenvalue weighted by atomic mass is 10.2. The van der Waals surface area contributed by atoms with Crippen LogP contribution in [0, 0.1) is 6.92 Å². The zero-order chi connectivity index (χ0) is 15.4. The molecule has 0 amide bonds. The fraction of sp³-hybridized carbons (Fsp3) is 0.250. The maximum atomic E-state index is 6.04. The lowest BCUT2D eigenvalue weighted by molar-refractivity contribution is 0.355. The quantitative estimate of drug-likeness (QED) is 0.826. The van der Waals surface area contributed by atoms with Crippen LogP contribution < -0.4 is 25.3 Å². The number of rotatable bonds is 5. The summed E-state index contributed by atoms with van der Waals surface area (Å²) in [4.78, 5) is 0. The Morgan fingerprint density at radius 3 is 2.05 bits per heavy atom. The van der Waals surface area contributed by atoms with Gasteiger partial charge in [-0.3, -0.25) is 0 Å². The second-order valence-corrected chi connectivity index (χ2v) is 4.60. The van der Waals surface area contributed by atoms with Crippen molar-refractivity contribution in [3.63, 3.8) is 0 Å². The van der Waals surface area contributed by atoms with Crippen LogP contribution in [0.1, 0.15) is 5.56 Å². The summed E-state index contributed by atoms with van der Waals surface area (Å²) in [6.07, 6.45) is 0. The van der Waals surface area contributed by atoms with E-state index >= 15 is 0 Å². The summed E-state index contributed by atoms with van der Waals surface area (Å²) in [6.45, 7) is 1.99. The number of nitrogens with two attached hydrogens (primary N) is 1. The maximum Gasteiger partial charge on any atom is 0.162 e. The van der Waals surface area contributed by atoms with Crippen LogP contribution >= 0.6 is 0 Å². The fourth-order valence-electron chi connectivity index (χ4n) is 2.11. The van der Waals surface area contributed by atoms with Gasteiger partial charge in [-0.05, 0) is 30.7 Å². The summed E-state index contributed by atoms with van der Waals surface area (Å²) in [6, 6.07) is 9.39. The van der Waals surface area contributed by atoms with Crippen molar-refractivity contribution in [1.82, 2.24) is 0 Å². The van der Waals surface area contributed by atoms with Crippen LogP contribution in [0.5, 0.6) is 17.2 Å². The lowest BCUT2D eigenvalue weighted by Gasteiger charge is -2.15. The highest BCUT2D eigenvalue weighted by molar-refractivity contribution is 5.77. The Bertz CT molecular complexity index is 642. The molecule has 0 aliphatic carbocycles. The van der Waals surface area contributed by atoms with Crippen molar-refractivity contribution in [3.8, 4) is 17.2 Å². The normalized spacial score (nSPS) is 10.1. The van der Waals surface area contributed by atoms with Gasteiger partial charge in [0.25, 0.3) is 0 Å². The van der Waals surface area contributed by atoms with Crippen LogP contribution in [-0.2, 0) is 0 Å². The Hall–Kier alpha value is -2.56. The molecule has 0 saturated carbocycles. The van der Waals surface area contributed by atoms with Gasteiger partial charge in [0.05, 0.1) is 32.7 Å². The second-order valence-electron chi connectivity index (χ2n) is 4.60. The SMILES string of the molecule is COc1ccc(Nc2cc(OC)c(OC)cc2N)cc1C. The van der Waals surface area contributed by atoms with Gasteiger partial charge in [-0.1, -0.05) is 0 Å². The Morgan fingerprint density at radius 2 is 1.48 bits per heavy atom. The topological polar surface area (TPSA) is 65.7 Å². The summed E-state index contributed by atoms with van der Waals surface area (Å²) in [5.41, 5.74) is 9.35. The summed E-state index contributed by atoms with van der Waals surface area (Å²) < 4.78 is 15.8. The van der Waals surface area contributed by atoms with E-state index in [4.69, 9.17) is 19.9 Å². The first kappa shape index (κ1) is 14.8. The molecular formula is C16H20N2O3. The smallest absolute Gasteiger partial charge is 0.162 e. The zero-order valence-corrected chi connectivity index (χ0v) is 12.7. The van der Waals surface area contributed by atoms with Gasteiger partial charge in [0.15, 0.2) is 11.5 Å². The molecule has 0 bridgehead atoms. The number of nitrogens with one attached hydrogen (secondary N) is 1. The Balaban J connectivity index is 2.33. The molecular weight excluding hydrogens is 268 g/mol. The molecule has 0 aromatic heterocycles. The molecule has 2 rings (SSSR count). The van der Waals surface area contributed by atoms with Crippen LogP contribution in [0.15, 0.2) is 30.3 Å². The second kappa shape index (κ2) is 6.26. The Kier molecular flexibility index (Phi) is 4.42. The molecule has 5 nitrogen and oxygen atoms in total. The van der Waals surface area contributed by atoms with Crippen LogP contribution in [0.4, 0.5) is 17.1 Å². The van der Waals surface area contributed by atoms with Gasteiger partial charge in [-0.15, -0.1) is 0 Å². The third-order valence-corrected chi connectivity index (χ3v) is 3.23. The fourth-order valence-corrected chi connectivity index (χ4v) is 2.11. The van der Waals surface area contributed by atoms with Gasteiger partial charge in [-0.25, -0.2) is 0 Å². The van der Waals surface area contributed by atoms with Crippen LogP contribution in [0.2, 0.25) is 0 Å². The largest absolute Gasteiger partial charge is 0.496 e. The molecule has 0 aliphatic heterocycles. The molecule has 0 atom stereocenters. The van der Waals surface area contributed by atoms with Crippen molar-refractivity contribution >= 4 is 17.1 Å². The van der Waals surface area contributed by atoms with E-state index in [-0.39, 0.29) is 0 Å². The van der Waals surface area contributed by atoms with E-state index in [2.05, 4.69) is 5.32 Å². The summed E-state index contributed by atoms with van der Waals surface area (Å²) in [7, 11) is 4.83. The number of aryl methyl sites for hydroxylation is 1. The molecule has 2 aromatic carbocycles. The minimum atomic E-state index is 0.584. The van der Waals surface area contributed by atoms with Crippen molar-refractivity contribution < 1.29 is 14.2 Å². The van der Waals surface area contributed by atoms with Gasteiger partial charge < -0.3 is 25.3 Å². The van der Waals surface area contributed by atoms with Gasteiger partial charge in [0.1, 0.15) is 5.75 Å². The van der Waals surface area contributed by atoms with E-state index in [9.17, 15) is 0 Å². The number of benzene rings is 2. The predicted octanol–water partition coefficient (Wildman–Crippen LogP) is 3.35. The van der Waals surface area contributed by atoms with Crippen LogP contribution in [0.25, 0.3) is 0 Å². The van der Waals surface area contributed by atoms with E-state index in [0.717, 1.165) is 22.7 Å². The third-order valence-electron chi connectivity index (χ3n) is 3.23. The van der Waals surface area contributed by atoms with Gasteiger partial charge in [0, 0.05) is 17.8 Å². The summed E-state index contributed by atoms with van der Waals surface area (Å²) >= 11 is 0. The van der Waals surface area contributed by atoms with Crippen LogP contribution in [0.3, 0.4) is 0 Å². The lowest BCUT2D eigenvalue weighted by Crippen LogP contribution is -2.00. The number of hydrogen-bond donors (Lipinski definition) is 2. The van der Waals surface area contributed by atoms with E-state index in [1.54, 1.807) is 27.4 Å². The van der Waals surface area contributed by atoms with Crippen molar-refractivity contribution in [2.45, 2.75) is 6.92 Å². The van der Waals surface area contributed by atoms with E-state index in [1.807, 2.05) is 31.2 Å². The molecule has 0 unspecified atom stereocenters. The highest BCUT2D eigenvalue weighted by Gasteiger charge is 2.10. The minimum absolute atomic E-state index is 0.584. The molecule has 2 aromatic rings.